The number of hydrogen-bond acceptors (Lipinski definition) is 3. The SMILES string of the molecule is CC1c2ccsc2CCN1Cc1ccc(F)c(C#N)c1. The first-order valence-electron chi connectivity index (χ1n) is 6.68. The highest BCUT2D eigenvalue weighted by atomic mass is 32.1. The van der Waals surface area contributed by atoms with E-state index in [0.717, 1.165) is 25.1 Å². The maximum Gasteiger partial charge on any atom is 0.140 e. The summed E-state index contributed by atoms with van der Waals surface area (Å²) in [6.45, 7) is 3.97. The predicted molar refractivity (Wildman–Crippen MR) is 78.0 cm³/mol. The van der Waals surface area contributed by atoms with E-state index in [9.17, 15) is 4.39 Å². The van der Waals surface area contributed by atoms with Crippen molar-refractivity contribution in [3.8, 4) is 6.07 Å². The van der Waals surface area contributed by atoms with Gasteiger partial charge in [-0.3, -0.25) is 4.90 Å². The molecule has 1 aromatic heterocycles. The number of benzene rings is 1. The Morgan fingerprint density at radius 1 is 1.45 bits per heavy atom. The fraction of sp³-hybridized carbons (Fsp3) is 0.312. The van der Waals surface area contributed by atoms with E-state index in [1.54, 1.807) is 12.1 Å². The van der Waals surface area contributed by atoms with E-state index < -0.39 is 5.82 Å². The second kappa shape index (κ2) is 5.35. The lowest BCUT2D eigenvalue weighted by molar-refractivity contribution is 0.191. The van der Waals surface area contributed by atoms with Gasteiger partial charge in [-0.1, -0.05) is 6.07 Å². The number of hydrogen-bond donors (Lipinski definition) is 0. The molecule has 0 amide bonds. The largest absolute Gasteiger partial charge is 0.292 e. The summed E-state index contributed by atoms with van der Waals surface area (Å²) in [6.07, 6.45) is 1.07. The minimum Gasteiger partial charge on any atom is -0.292 e. The summed E-state index contributed by atoms with van der Waals surface area (Å²) in [5.41, 5.74) is 2.53. The van der Waals surface area contributed by atoms with Crippen molar-refractivity contribution in [3.63, 3.8) is 0 Å². The molecule has 102 valence electrons. The van der Waals surface area contributed by atoms with Gasteiger partial charge in [0.15, 0.2) is 0 Å². The Kier molecular flexibility index (Phi) is 3.56. The molecule has 1 atom stereocenters. The molecule has 2 aromatic rings. The summed E-state index contributed by atoms with van der Waals surface area (Å²) in [5, 5.41) is 11.1. The van der Waals surface area contributed by atoms with Crippen molar-refractivity contribution >= 4 is 11.3 Å². The molecule has 0 fully saturated rings. The molecule has 4 heteroatoms. The Morgan fingerprint density at radius 3 is 3.10 bits per heavy atom. The summed E-state index contributed by atoms with van der Waals surface area (Å²) < 4.78 is 13.3. The molecule has 2 heterocycles. The summed E-state index contributed by atoms with van der Waals surface area (Å²) in [6, 6.07) is 9.29. The van der Waals surface area contributed by atoms with Gasteiger partial charge in [-0.25, -0.2) is 4.39 Å². The zero-order valence-electron chi connectivity index (χ0n) is 11.3. The van der Waals surface area contributed by atoms with Crippen LogP contribution in [0.4, 0.5) is 4.39 Å². The Bertz CT molecular complexity index is 671. The van der Waals surface area contributed by atoms with Crippen LogP contribution < -0.4 is 0 Å². The molecule has 20 heavy (non-hydrogen) atoms. The first-order valence-corrected chi connectivity index (χ1v) is 7.56. The molecular formula is C16H15FN2S. The van der Waals surface area contributed by atoms with Crippen LogP contribution in [0.3, 0.4) is 0 Å². The fourth-order valence-electron chi connectivity index (χ4n) is 2.77. The van der Waals surface area contributed by atoms with Crippen LogP contribution >= 0.6 is 11.3 Å². The van der Waals surface area contributed by atoms with Gasteiger partial charge in [-0.05, 0) is 48.1 Å². The van der Waals surface area contributed by atoms with Gasteiger partial charge in [0.1, 0.15) is 11.9 Å². The van der Waals surface area contributed by atoms with Crippen LogP contribution in [0.15, 0.2) is 29.6 Å². The third-order valence-electron chi connectivity index (χ3n) is 3.94. The third kappa shape index (κ3) is 2.35. The van der Waals surface area contributed by atoms with Gasteiger partial charge < -0.3 is 0 Å². The lowest BCUT2D eigenvalue weighted by Crippen LogP contribution is -2.32. The molecule has 0 radical (unpaired) electrons. The zero-order chi connectivity index (χ0) is 14.1. The van der Waals surface area contributed by atoms with E-state index in [0.29, 0.717) is 6.04 Å². The van der Waals surface area contributed by atoms with Gasteiger partial charge in [-0.15, -0.1) is 11.3 Å². The molecule has 1 aliphatic heterocycles. The zero-order valence-corrected chi connectivity index (χ0v) is 12.1. The van der Waals surface area contributed by atoms with Crippen molar-refractivity contribution in [1.82, 2.24) is 4.90 Å². The predicted octanol–water partition coefficient (Wildman–Crippen LogP) is 3.88. The average molecular weight is 286 g/mol. The molecule has 0 aliphatic carbocycles. The molecule has 3 rings (SSSR count). The van der Waals surface area contributed by atoms with E-state index in [2.05, 4.69) is 23.3 Å². The van der Waals surface area contributed by atoms with Crippen molar-refractivity contribution in [1.29, 1.82) is 5.26 Å². The normalized spacial score (nSPS) is 18.6. The fourth-order valence-corrected chi connectivity index (χ4v) is 3.73. The average Bonchev–Trinajstić information content (AvgIpc) is 2.93. The van der Waals surface area contributed by atoms with Gasteiger partial charge >= 0.3 is 0 Å². The van der Waals surface area contributed by atoms with Crippen LogP contribution in [-0.2, 0) is 13.0 Å². The van der Waals surface area contributed by atoms with Crippen LogP contribution in [0, 0.1) is 17.1 Å². The van der Waals surface area contributed by atoms with Gasteiger partial charge in [0.2, 0.25) is 0 Å². The van der Waals surface area contributed by atoms with Crippen LogP contribution in [0.2, 0.25) is 0 Å². The van der Waals surface area contributed by atoms with Crippen LogP contribution in [0.25, 0.3) is 0 Å². The third-order valence-corrected chi connectivity index (χ3v) is 4.94. The van der Waals surface area contributed by atoms with Crippen molar-refractivity contribution < 1.29 is 4.39 Å². The lowest BCUT2D eigenvalue weighted by atomic mass is 10.0. The highest BCUT2D eigenvalue weighted by molar-refractivity contribution is 7.10. The highest BCUT2D eigenvalue weighted by Gasteiger charge is 2.24. The van der Waals surface area contributed by atoms with Gasteiger partial charge in [0, 0.05) is 24.0 Å². The van der Waals surface area contributed by atoms with Gasteiger partial charge in [0.05, 0.1) is 5.56 Å². The second-order valence-corrected chi connectivity index (χ2v) is 6.12. The summed E-state index contributed by atoms with van der Waals surface area (Å²) >= 11 is 1.83. The van der Waals surface area contributed by atoms with E-state index >= 15 is 0 Å². The minimum absolute atomic E-state index is 0.128. The van der Waals surface area contributed by atoms with Crippen LogP contribution in [0.1, 0.15) is 34.5 Å². The molecule has 0 saturated heterocycles. The van der Waals surface area contributed by atoms with E-state index in [1.807, 2.05) is 17.4 Å². The van der Waals surface area contributed by atoms with Crippen molar-refractivity contribution in [3.05, 3.63) is 57.0 Å². The summed E-state index contributed by atoms with van der Waals surface area (Å²) in [5.74, 6) is -0.442. The smallest absolute Gasteiger partial charge is 0.140 e. The number of nitriles is 1. The number of halogens is 1. The minimum atomic E-state index is -0.442. The van der Waals surface area contributed by atoms with E-state index in [-0.39, 0.29) is 5.56 Å². The molecule has 0 N–H and O–H groups in total. The summed E-state index contributed by atoms with van der Waals surface area (Å²) in [4.78, 5) is 3.86. The van der Waals surface area contributed by atoms with Crippen molar-refractivity contribution in [2.75, 3.05) is 6.54 Å². The standard InChI is InChI=1S/C16H15FN2S/c1-11-14-5-7-20-16(14)4-6-19(11)10-12-2-3-15(17)13(8-12)9-18/h2-3,5,7-8,11H,4,6,10H2,1H3. The maximum atomic E-state index is 13.3. The Hall–Kier alpha value is -1.70. The molecule has 1 aliphatic rings. The van der Waals surface area contributed by atoms with E-state index in [4.69, 9.17) is 5.26 Å². The Balaban J connectivity index is 1.81. The highest BCUT2D eigenvalue weighted by Crippen LogP contribution is 2.33. The number of nitrogens with zero attached hydrogens (tertiary/aromatic N) is 2. The van der Waals surface area contributed by atoms with Gasteiger partial charge in [-0.2, -0.15) is 5.26 Å². The first kappa shape index (κ1) is 13.3. The summed E-state index contributed by atoms with van der Waals surface area (Å²) in [7, 11) is 0. The number of rotatable bonds is 2. The Labute approximate surface area is 122 Å². The molecule has 1 unspecified atom stereocenters. The molecular weight excluding hydrogens is 271 g/mol. The first-order chi connectivity index (χ1) is 9.69. The number of thiophene rings is 1. The molecule has 0 spiro atoms. The Morgan fingerprint density at radius 2 is 2.30 bits per heavy atom. The van der Waals surface area contributed by atoms with E-state index in [1.165, 1.54) is 16.5 Å². The molecule has 2 nitrogen and oxygen atoms in total. The quantitative estimate of drug-likeness (QED) is 0.837. The lowest BCUT2D eigenvalue weighted by Gasteiger charge is -2.33. The van der Waals surface area contributed by atoms with Crippen molar-refractivity contribution in [2.24, 2.45) is 0 Å². The molecule has 0 saturated carbocycles. The molecule has 1 aromatic carbocycles. The second-order valence-electron chi connectivity index (χ2n) is 5.12. The van der Waals surface area contributed by atoms with Crippen LogP contribution in [-0.4, -0.2) is 11.4 Å². The van der Waals surface area contributed by atoms with Gasteiger partial charge in [0.25, 0.3) is 0 Å². The molecule has 0 bridgehead atoms. The monoisotopic (exact) mass is 286 g/mol. The topological polar surface area (TPSA) is 27.0 Å². The van der Waals surface area contributed by atoms with Crippen LogP contribution in [0.5, 0.6) is 0 Å². The number of fused-ring (bicyclic) bond motifs is 1. The van der Waals surface area contributed by atoms with Crippen molar-refractivity contribution in [2.45, 2.75) is 25.9 Å². The maximum absolute atomic E-state index is 13.3.